The summed E-state index contributed by atoms with van der Waals surface area (Å²) in [5.41, 5.74) is 0.103. The van der Waals surface area contributed by atoms with Crippen LogP contribution in [0.15, 0.2) is 0 Å². The van der Waals surface area contributed by atoms with E-state index in [0.29, 0.717) is 41.4 Å². The number of hydrogen-bond acceptors (Lipinski definition) is 3. The largest absolute Gasteiger partial charge is 0.393 e. The molecule has 0 aromatic rings. The highest BCUT2D eigenvalue weighted by Crippen LogP contribution is 2.69. The van der Waals surface area contributed by atoms with Crippen molar-refractivity contribution in [2.24, 2.45) is 52.3 Å². The summed E-state index contributed by atoms with van der Waals surface area (Å²) in [6.45, 7) is 11.7. The van der Waals surface area contributed by atoms with Crippen LogP contribution < -0.4 is 0 Å². The first-order chi connectivity index (χ1) is 13.7. The first-order valence-electron chi connectivity index (χ1n) is 12.7. The number of hydrogen-bond donors (Lipinski definition) is 3. The molecule has 0 aliphatic heterocycles. The van der Waals surface area contributed by atoms with E-state index in [2.05, 4.69) is 34.6 Å². The highest BCUT2D eigenvalue weighted by Gasteiger charge is 2.67. The molecule has 3 heteroatoms. The number of rotatable bonds is 4. The van der Waals surface area contributed by atoms with E-state index in [1.165, 1.54) is 25.7 Å². The molecule has 0 saturated heterocycles. The summed E-state index contributed by atoms with van der Waals surface area (Å²) >= 11 is 0. The van der Waals surface area contributed by atoms with Crippen molar-refractivity contribution in [1.82, 2.24) is 0 Å². The number of aliphatic hydroxyl groups excluding tert-OH is 3. The summed E-state index contributed by atoms with van der Waals surface area (Å²) in [5.74, 6) is 3.07. The Hall–Kier alpha value is -0.120. The molecule has 4 rings (SSSR count). The minimum absolute atomic E-state index is 0.0492. The molecule has 4 saturated carbocycles. The predicted molar refractivity (Wildman–Crippen MR) is 117 cm³/mol. The zero-order valence-electron chi connectivity index (χ0n) is 19.5. The summed E-state index contributed by atoms with van der Waals surface area (Å²) in [6, 6.07) is 0. The van der Waals surface area contributed by atoms with Crippen LogP contribution in [0.4, 0.5) is 0 Å². The van der Waals surface area contributed by atoms with E-state index in [0.717, 1.165) is 32.1 Å². The van der Waals surface area contributed by atoms with Gasteiger partial charge in [-0.15, -0.1) is 0 Å². The molecule has 168 valence electrons. The molecule has 0 aromatic carbocycles. The van der Waals surface area contributed by atoms with Crippen molar-refractivity contribution in [3.8, 4) is 0 Å². The zero-order valence-corrected chi connectivity index (χ0v) is 19.5. The van der Waals surface area contributed by atoms with Crippen LogP contribution in [0, 0.1) is 52.3 Å². The summed E-state index contributed by atoms with van der Waals surface area (Å²) in [6.07, 6.45) is 8.72. The van der Waals surface area contributed by atoms with Gasteiger partial charge in [-0.2, -0.15) is 0 Å². The highest BCUT2D eigenvalue weighted by molar-refractivity contribution is 5.15. The quantitative estimate of drug-likeness (QED) is 0.614. The lowest BCUT2D eigenvalue weighted by Crippen LogP contribution is -2.65. The average Bonchev–Trinajstić information content (AvgIpc) is 3.03. The van der Waals surface area contributed by atoms with Gasteiger partial charge in [-0.3, -0.25) is 0 Å². The summed E-state index contributed by atoms with van der Waals surface area (Å²) in [4.78, 5) is 0. The Balaban J connectivity index is 1.71. The molecule has 12 atom stereocenters. The van der Waals surface area contributed by atoms with Gasteiger partial charge in [0.15, 0.2) is 0 Å². The van der Waals surface area contributed by atoms with Crippen LogP contribution >= 0.6 is 0 Å². The summed E-state index contributed by atoms with van der Waals surface area (Å²) in [5, 5.41) is 33.7. The monoisotopic (exact) mass is 406 g/mol. The van der Waals surface area contributed by atoms with Gasteiger partial charge in [0.2, 0.25) is 0 Å². The molecule has 0 heterocycles. The SMILES string of the molecule is CCC[C@@H](C)[C@H]1CCC2C3C(C[C@H](O)[C@@]21C)[C@@]1(C)CC[C@@H](O)C[C@H]1[C@@H](CC)[C@H]3O. The van der Waals surface area contributed by atoms with Crippen molar-refractivity contribution in [3.63, 3.8) is 0 Å². The molecule has 3 N–H and O–H groups in total. The van der Waals surface area contributed by atoms with Gasteiger partial charge in [-0.25, -0.2) is 0 Å². The standard InChI is InChI=1S/C26H46O3/c1-6-8-15(3)18-9-10-19-23-21(14-22(28)26(18,19)5)25(4)12-11-16(27)13-20(25)17(7-2)24(23)29/h15-24,27-29H,6-14H2,1-5H3/t15-,16-,17-,18-,19?,20+,21?,22+,23?,24-,25+,26-/m1/s1. The molecule has 0 amide bonds. The third-order valence-electron chi connectivity index (χ3n) is 11.0. The first kappa shape index (κ1) is 22.1. The minimum Gasteiger partial charge on any atom is -0.393 e. The van der Waals surface area contributed by atoms with Gasteiger partial charge < -0.3 is 15.3 Å². The van der Waals surface area contributed by atoms with Crippen LogP contribution in [-0.2, 0) is 0 Å². The topological polar surface area (TPSA) is 60.7 Å². The van der Waals surface area contributed by atoms with Crippen LogP contribution in [0.2, 0.25) is 0 Å². The fourth-order valence-electron chi connectivity index (χ4n) is 9.55. The van der Waals surface area contributed by atoms with Gasteiger partial charge in [-0.05, 0) is 90.8 Å². The van der Waals surface area contributed by atoms with Crippen molar-refractivity contribution in [3.05, 3.63) is 0 Å². The molecular formula is C26H46O3. The highest BCUT2D eigenvalue weighted by atomic mass is 16.3. The van der Waals surface area contributed by atoms with E-state index in [1.807, 2.05) is 0 Å². The molecule has 3 nitrogen and oxygen atoms in total. The second-order valence-electron chi connectivity index (χ2n) is 12.0. The maximum atomic E-state index is 11.7. The van der Waals surface area contributed by atoms with Gasteiger partial charge >= 0.3 is 0 Å². The van der Waals surface area contributed by atoms with Gasteiger partial charge in [0.25, 0.3) is 0 Å². The average molecular weight is 407 g/mol. The van der Waals surface area contributed by atoms with E-state index in [4.69, 9.17) is 0 Å². The van der Waals surface area contributed by atoms with Gasteiger partial charge in [-0.1, -0.05) is 53.9 Å². The Labute approximate surface area is 178 Å². The van der Waals surface area contributed by atoms with Crippen molar-refractivity contribution in [2.45, 2.75) is 111 Å². The maximum Gasteiger partial charge on any atom is 0.0605 e. The van der Waals surface area contributed by atoms with E-state index in [-0.39, 0.29) is 29.1 Å². The third kappa shape index (κ3) is 3.08. The fraction of sp³-hybridized carbons (Fsp3) is 1.00. The van der Waals surface area contributed by atoms with Gasteiger partial charge in [0.05, 0.1) is 18.3 Å². The lowest BCUT2D eigenvalue weighted by Gasteiger charge is -2.65. The first-order valence-corrected chi connectivity index (χ1v) is 12.7. The van der Waals surface area contributed by atoms with Crippen LogP contribution in [0.5, 0.6) is 0 Å². The van der Waals surface area contributed by atoms with E-state index < -0.39 is 0 Å². The minimum atomic E-state index is -0.273. The lowest BCUT2D eigenvalue weighted by molar-refractivity contribution is -0.228. The molecule has 0 aromatic heterocycles. The molecule has 3 unspecified atom stereocenters. The van der Waals surface area contributed by atoms with Crippen LogP contribution in [0.25, 0.3) is 0 Å². The van der Waals surface area contributed by atoms with Gasteiger partial charge in [0.1, 0.15) is 0 Å². The summed E-state index contributed by atoms with van der Waals surface area (Å²) in [7, 11) is 0. The van der Waals surface area contributed by atoms with Crippen molar-refractivity contribution in [1.29, 1.82) is 0 Å². The summed E-state index contributed by atoms with van der Waals surface area (Å²) < 4.78 is 0. The Bertz CT molecular complexity index is 593. The second kappa shape index (κ2) is 7.78. The molecular weight excluding hydrogens is 360 g/mol. The van der Waals surface area contributed by atoms with E-state index in [9.17, 15) is 15.3 Å². The zero-order chi connectivity index (χ0) is 21.1. The van der Waals surface area contributed by atoms with Crippen LogP contribution in [-0.4, -0.2) is 33.6 Å². The van der Waals surface area contributed by atoms with E-state index in [1.54, 1.807) is 0 Å². The second-order valence-corrected chi connectivity index (χ2v) is 12.0. The van der Waals surface area contributed by atoms with Crippen molar-refractivity contribution < 1.29 is 15.3 Å². The Kier molecular flexibility index (Phi) is 5.93. The van der Waals surface area contributed by atoms with Crippen molar-refractivity contribution in [2.75, 3.05) is 0 Å². The lowest BCUT2D eigenvalue weighted by atomic mass is 9.41. The van der Waals surface area contributed by atoms with Crippen molar-refractivity contribution >= 4 is 0 Å². The number of aliphatic hydroxyl groups is 3. The molecule has 4 aliphatic rings. The van der Waals surface area contributed by atoms with Gasteiger partial charge in [0, 0.05) is 0 Å². The van der Waals surface area contributed by atoms with E-state index >= 15 is 0 Å². The Morgan fingerprint density at radius 3 is 2.31 bits per heavy atom. The Morgan fingerprint density at radius 1 is 0.931 bits per heavy atom. The van der Waals surface area contributed by atoms with Crippen LogP contribution in [0.3, 0.4) is 0 Å². The molecule has 0 bridgehead atoms. The molecule has 0 radical (unpaired) electrons. The third-order valence-corrected chi connectivity index (χ3v) is 11.0. The predicted octanol–water partition coefficient (Wildman–Crippen LogP) is 5.02. The fourth-order valence-corrected chi connectivity index (χ4v) is 9.55. The molecule has 29 heavy (non-hydrogen) atoms. The maximum absolute atomic E-state index is 11.7. The molecule has 4 fully saturated rings. The smallest absolute Gasteiger partial charge is 0.0605 e. The number of fused-ring (bicyclic) bond motifs is 5. The molecule has 0 spiro atoms. The molecule has 4 aliphatic carbocycles. The Morgan fingerprint density at radius 2 is 1.66 bits per heavy atom. The van der Waals surface area contributed by atoms with Crippen LogP contribution in [0.1, 0.15) is 92.4 Å². The normalized spacial score (nSPS) is 55.7.